The number of carbonyl (C=O) groups excluding carboxylic acids is 3. The standard InChI is InChI=1S/C19H35N2P.3CHO.Mn/c1-14(2)21(15(3)4)12-18-10-9-11-19(20-18)13-22(16(5)6)17(7)8;3*1-2;/h9-11,14-17H,12-13H2,1-8H3;3*1H;/q;3*-1;/p+1. The summed E-state index contributed by atoms with van der Waals surface area (Å²) in [7, 11) is -0.384. The minimum absolute atomic E-state index is 0. The van der Waals surface area contributed by atoms with Crippen molar-refractivity contribution in [3.63, 3.8) is 0 Å². The molecule has 0 atom stereocenters. The monoisotopic (exact) mass is 465 g/mol. The Hall–Kier alpha value is -0.931. The Morgan fingerprint density at radius 3 is 1.52 bits per heavy atom. The molecule has 5 nitrogen and oxygen atoms in total. The molecule has 0 saturated heterocycles. The van der Waals surface area contributed by atoms with Crippen LogP contribution in [0.4, 0.5) is 0 Å². The van der Waals surface area contributed by atoms with Crippen LogP contribution in [0.5, 0.6) is 0 Å². The van der Waals surface area contributed by atoms with Gasteiger partial charge in [-0.3, -0.25) is 30.3 Å². The Bertz CT molecular complexity index is 445. The first-order valence-electron chi connectivity index (χ1n) is 9.49. The molecule has 7 heteroatoms. The first-order chi connectivity index (χ1) is 13.2. The minimum Gasteiger partial charge on any atom is -0.545 e. The zero-order chi connectivity index (χ0) is 22.9. The van der Waals surface area contributed by atoms with Gasteiger partial charge in [0.25, 0.3) is 0 Å². The molecule has 0 amide bonds. The van der Waals surface area contributed by atoms with Gasteiger partial charge in [-0.05, 0) is 67.5 Å². The number of aromatic nitrogens is 1. The Morgan fingerprint density at radius 2 is 1.17 bits per heavy atom. The van der Waals surface area contributed by atoms with Crippen molar-refractivity contribution in [3.05, 3.63) is 29.6 Å². The first kappa shape index (κ1) is 35.5. The van der Waals surface area contributed by atoms with E-state index in [0.29, 0.717) is 12.1 Å². The topological polar surface area (TPSA) is 67.3 Å². The second-order valence-electron chi connectivity index (χ2n) is 7.54. The van der Waals surface area contributed by atoms with Crippen LogP contribution in [0.1, 0.15) is 66.8 Å². The number of pyridine rings is 1. The van der Waals surface area contributed by atoms with Crippen molar-refractivity contribution in [1.82, 2.24) is 9.88 Å². The molecule has 0 spiro atoms. The third-order valence-corrected chi connectivity index (χ3v) is 8.14. The summed E-state index contributed by atoms with van der Waals surface area (Å²) in [6.07, 6.45) is 1.19. The molecule has 0 fully saturated rings. The summed E-state index contributed by atoms with van der Waals surface area (Å²) in [6, 6.07) is 7.69. The molecule has 0 aliphatic rings. The van der Waals surface area contributed by atoms with E-state index < -0.39 is 0 Å². The van der Waals surface area contributed by atoms with E-state index in [-0.39, 0.29) is 25.0 Å². The summed E-state index contributed by atoms with van der Waals surface area (Å²) in [5, 5.41) is 0. The fraction of sp³-hybridized carbons (Fsp3) is 0.636. The molecule has 0 aliphatic carbocycles. The molecule has 0 saturated carbocycles. The van der Waals surface area contributed by atoms with E-state index in [2.05, 4.69) is 98.9 Å². The normalized spacial score (nSPS) is 10.0. The Balaban J connectivity index is -0.000000407. The first-order valence-corrected chi connectivity index (χ1v) is 11.3. The van der Waals surface area contributed by atoms with Gasteiger partial charge >= 0.3 is 0 Å². The predicted molar refractivity (Wildman–Crippen MR) is 123 cm³/mol. The van der Waals surface area contributed by atoms with Crippen molar-refractivity contribution < 1.29 is 31.5 Å². The van der Waals surface area contributed by atoms with Gasteiger partial charge in [0, 0.05) is 43.6 Å². The van der Waals surface area contributed by atoms with E-state index in [9.17, 15) is 0 Å². The van der Waals surface area contributed by atoms with Gasteiger partial charge in [-0.1, -0.05) is 6.07 Å². The number of nitrogens with zero attached hydrogens (tertiary/aromatic N) is 2. The molecule has 0 bridgehead atoms. The summed E-state index contributed by atoms with van der Waals surface area (Å²) in [5.74, 6) is 0. The van der Waals surface area contributed by atoms with E-state index >= 15 is 0 Å². The summed E-state index contributed by atoms with van der Waals surface area (Å²) in [6.45, 7) is 29.3. The van der Waals surface area contributed by atoms with E-state index in [4.69, 9.17) is 19.4 Å². The maximum absolute atomic E-state index is 7.75. The van der Waals surface area contributed by atoms with Crippen LogP contribution in [0, 0.1) is 0 Å². The van der Waals surface area contributed by atoms with E-state index in [1.54, 1.807) is 0 Å². The van der Waals surface area contributed by atoms with Gasteiger partial charge < -0.3 is 14.4 Å². The van der Waals surface area contributed by atoms with Crippen molar-refractivity contribution in [3.8, 4) is 0 Å². The maximum atomic E-state index is 7.75. The second-order valence-corrected chi connectivity index (χ2v) is 11.4. The molecular formula is C22H39MnN2O3P-2. The maximum Gasteiger partial charge on any atom is 0.0995 e. The second kappa shape index (κ2) is 21.8. The SMILES string of the molecule is CC(C)N(Cc1cccc(C[PH+](C(C)C)C(C)C)n1)C(C)C.[CH-]=O.[CH-]=O.[CH-]=O.[Mn]. The fourth-order valence-corrected chi connectivity index (χ4v) is 5.91. The van der Waals surface area contributed by atoms with Crippen LogP contribution in [-0.4, -0.2) is 53.7 Å². The van der Waals surface area contributed by atoms with Crippen LogP contribution >= 0.6 is 7.92 Å². The van der Waals surface area contributed by atoms with Gasteiger partial charge in [0.1, 0.15) is 0 Å². The van der Waals surface area contributed by atoms with Gasteiger partial charge in [0.05, 0.1) is 28.9 Å². The molecule has 0 N–H and O–H groups in total. The van der Waals surface area contributed by atoms with E-state index in [1.165, 1.54) is 17.5 Å². The predicted octanol–water partition coefficient (Wildman–Crippen LogP) is 4.41. The molecule has 1 radical (unpaired) electrons. The molecule has 1 heterocycles. The molecule has 169 valence electrons. The van der Waals surface area contributed by atoms with Gasteiger partial charge in [-0.25, -0.2) is 0 Å². The number of hydrogen-bond acceptors (Lipinski definition) is 5. The van der Waals surface area contributed by atoms with Crippen LogP contribution in [0.3, 0.4) is 0 Å². The Morgan fingerprint density at radius 1 is 0.793 bits per heavy atom. The largest absolute Gasteiger partial charge is 0.545 e. The Kier molecular flexibility index (Phi) is 26.7. The molecule has 0 aromatic carbocycles. The molecule has 0 unspecified atom stereocenters. The van der Waals surface area contributed by atoms with Crippen molar-refractivity contribution >= 4 is 28.3 Å². The quantitative estimate of drug-likeness (QED) is 0.246. The van der Waals surface area contributed by atoms with Crippen LogP contribution in [0.2, 0.25) is 0 Å². The van der Waals surface area contributed by atoms with Crippen LogP contribution < -0.4 is 0 Å². The fourth-order valence-electron chi connectivity index (χ4n) is 3.15. The number of rotatable bonds is 8. The van der Waals surface area contributed by atoms with Gasteiger partial charge in [-0.2, -0.15) is 0 Å². The molecule has 0 aliphatic heterocycles. The average Bonchev–Trinajstić information content (AvgIpc) is 2.68. The third kappa shape index (κ3) is 15.6. The van der Waals surface area contributed by atoms with Crippen molar-refractivity contribution in [2.45, 2.75) is 91.5 Å². The van der Waals surface area contributed by atoms with Crippen LogP contribution in [0.15, 0.2) is 18.2 Å². The van der Waals surface area contributed by atoms with Gasteiger partial charge in [0.2, 0.25) is 0 Å². The molecule has 29 heavy (non-hydrogen) atoms. The van der Waals surface area contributed by atoms with Crippen molar-refractivity contribution in [1.29, 1.82) is 0 Å². The van der Waals surface area contributed by atoms with Crippen LogP contribution in [-0.2, 0) is 44.2 Å². The van der Waals surface area contributed by atoms with Gasteiger partial charge in [-0.15, -0.1) is 0 Å². The van der Waals surface area contributed by atoms with Gasteiger partial charge in [0.15, 0.2) is 0 Å². The third-order valence-electron chi connectivity index (χ3n) is 4.40. The van der Waals surface area contributed by atoms with E-state index in [0.717, 1.165) is 17.9 Å². The van der Waals surface area contributed by atoms with Crippen molar-refractivity contribution in [2.75, 3.05) is 0 Å². The smallest absolute Gasteiger partial charge is 0.0995 e. The summed E-state index contributed by atoms with van der Waals surface area (Å²) < 4.78 is 0. The number of hydrogen-bond donors (Lipinski definition) is 0. The molecule has 1 aromatic heterocycles. The minimum atomic E-state index is -0.384. The van der Waals surface area contributed by atoms with Crippen LogP contribution in [0.25, 0.3) is 0 Å². The molecule has 1 rings (SSSR count). The summed E-state index contributed by atoms with van der Waals surface area (Å²) >= 11 is 0. The zero-order valence-corrected chi connectivity index (χ0v) is 21.4. The average molecular weight is 465 g/mol. The molecular weight excluding hydrogens is 426 g/mol. The summed E-state index contributed by atoms with van der Waals surface area (Å²) in [4.78, 5) is 30.7. The van der Waals surface area contributed by atoms with E-state index in [1.807, 2.05) is 0 Å². The summed E-state index contributed by atoms with van der Waals surface area (Å²) in [5.41, 5.74) is 4.12. The zero-order valence-electron chi connectivity index (χ0n) is 19.2. The molecule has 1 aromatic rings. The Labute approximate surface area is 190 Å². The van der Waals surface area contributed by atoms with Crippen molar-refractivity contribution in [2.24, 2.45) is 0 Å².